The molecule has 2 aliphatic rings. The molecule has 1 saturated heterocycles. The van der Waals surface area contributed by atoms with E-state index in [1.54, 1.807) is 12.1 Å². The van der Waals surface area contributed by atoms with Crippen molar-refractivity contribution in [1.29, 1.82) is 0 Å². The maximum absolute atomic E-state index is 13.4. The van der Waals surface area contributed by atoms with Crippen molar-refractivity contribution in [2.75, 3.05) is 11.4 Å². The molecule has 4 nitrogen and oxygen atoms in total. The lowest BCUT2D eigenvalue weighted by Gasteiger charge is -2.26. The van der Waals surface area contributed by atoms with Crippen LogP contribution in [0.25, 0.3) is 22.2 Å². The van der Waals surface area contributed by atoms with E-state index in [4.69, 9.17) is 4.98 Å². The van der Waals surface area contributed by atoms with Gasteiger partial charge in [-0.25, -0.2) is 4.98 Å². The number of anilines is 1. The first-order valence-corrected chi connectivity index (χ1v) is 9.07. The van der Waals surface area contributed by atoms with Crippen molar-refractivity contribution in [3.05, 3.63) is 48.5 Å². The molecule has 0 saturated carbocycles. The van der Waals surface area contributed by atoms with E-state index in [-0.39, 0.29) is 11.5 Å². The highest BCUT2D eigenvalue weighted by Crippen LogP contribution is 2.44. The van der Waals surface area contributed by atoms with Gasteiger partial charge in [-0.15, -0.1) is 8.78 Å². The van der Waals surface area contributed by atoms with E-state index in [0.29, 0.717) is 6.04 Å². The molecule has 6 heteroatoms. The molecule has 2 aliphatic heterocycles. The lowest BCUT2D eigenvalue weighted by Crippen LogP contribution is -2.27. The van der Waals surface area contributed by atoms with Crippen molar-refractivity contribution in [1.82, 2.24) is 4.98 Å². The smallest absolute Gasteiger partial charge is 0.395 e. The number of hydrogen-bond acceptors (Lipinski definition) is 4. The molecule has 1 fully saturated rings. The highest BCUT2D eigenvalue weighted by atomic mass is 19.3. The summed E-state index contributed by atoms with van der Waals surface area (Å²) in [6.07, 6.45) is -1.37. The molecule has 0 amide bonds. The molecule has 27 heavy (non-hydrogen) atoms. The van der Waals surface area contributed by atoms with E-state index in [9.17, 15) is 8.78 Å². The number of para-hydroxylation sites is 1. The van der Waals surface area contributed by atoms with Gasteiger partial charge in [0.1, 0.15) is 0 Å². The molecule has 3 aromatic rings. The fourth-order valence-corrected chi connectivity index (χ4v) is 3.92. The van der Waals surface area contributed by atoms with E-state index in [0.717, 1.165) is 47.2 Å². The van der Waals surface area contributed by atoms with Gasteiger partial charge >= 0.3 is 6.29 Å². The summed E-state index contributed by atoms with van der Waals surface area (Å²) in [5, 5.41) is 1.06. The fourth-order valence-electron chi connectivity index (χ4n) is 3.92. The third-order valence-corrected chi connectivity index (χ3v) is 5.24. The molecule has 0 radical (unpaired) electrons. The summed E-state index contributed by atoms with van der Waals surface area (Å²) in [6, 6.07) is 15.3. The molecule has 0 N–H and O–H groups in total. The van der Waals surface area contributed by atoms with Crippen molar-refractivity contribution >= 4 is 16.6 Å². The normalized spacial score (nSPS) is 20.4. The average molecular weight is 368 g/mol. The second kappa shape index (κ2) is 5.81. The standard InChI is InChI=1S/C21H18F2N2O2/c1-13-5-4-10-25(13)17-11-14-6-2-3-7-16(14)24-20(17)15-8-9-18-19(12-15)27-21(22,23)26-18/h2-3,6-9,11-13H,4-5,10H2,1H3/t13-/m0/s1. The number of alkyl halides is 2. The van der Waals surface area contributed by atoms with Crippen molar-refractivity contribution in [2.24, 2.45) is 0 Å². The van der Waals surface area contributed by atoms with Crippen molar-refractivity contribution < 1.29 is 18.3 Å². The van der Waals surface area contributed by atoms with Crippen LogP contribution in [0.3, 0.4) is 0 Å². The number of rotatable bonds is 2. The largest absolute Gasteiger partial charge is 0.586 e. The first kappa shape index (κ1) is 16.3. The lowest BCUT2D eigenvalue weighted by molar-refractivity contribution is -0.286. The van der Waals surface area contributed by atoms with Gasteiger partial charge in [0, 0.05) is 23.5 Å². The summed E-state index contributed by atoms with van der Waals surface area (Å²) in [4.78, 5) is 7.20. The molecule has 1 aromatic heterocycles. The zero-order valence-electron chi connectivity index (χ0n) is 14.8. The Morgan fingerprint density at radius 2 is 1.89 bits per heavy atom. The Hall–Kier alpha value is -2.89. The average Bonchev–Trinajstić information content (AvgIpc) is 3.20. The predicted molar refractivity (Wildman–Crippen MR) is 99.4 cm³/mol. The zero-order chi connectivity index (χ0) is 18.6. The lowest BCUT2D eigenvalue weighted by atomic mass is 10.1. The molecule has 1 atom stereocenters. The summed E-state index contributed by atoms with van der Waals surface area (Å²) >= 11 is 0. The number of nitrogens with zero attached hydrogens (tertiary/aromatic N) is 2. The van der Waals surface area contributed by atoms with E-state index in [1.807, 2.05) is 24.3 Å². The second-order valence-corrected chi connectivity index (χ2v) is 7.06. The first-order chi connectivity index (χ1) is 13.0. The molecule has 0 bridgehead atoms. The Kier molecular flexibility index (Phi) is 3.50. The van der Waals surface area contributed by atoms with Gasteiger partial charge in [0.25, 0.3) is 0 Å². The molecular weight excluding hydrogens is 350 g/mol. The van der Waals surface area contributed by atoms with E-state index < -0.39 is 6.29 Å². The molecule has 0 aliphatic carbocycles. The van der Waals surface area contributed by atoms with E-state index in [2.05, 4.69) is 27.4 Å². The van der Waals surface area contributed by atoms with Crippen LogP contribution in [0.5, 0.6) is 11.5 Å². The fraction of sp³-hybridized carbons (Fsp3) is 0.286. The van der Waals surface area contributed by atoms with Gasteiger partial charge in [-0.1, -0.05) is 18.2 Å². The van der Waals surface area contributed by atoms with Gasteiger partial charge in [0.05, 0.1) is 16.9 Å². The number of ether oxygens (including phenoxy) is 2. The predicted octanol–water partition coefficient (Wildman–Crippen LogP) is 5.21. The van der Waals surface area contributed by atoms with Crippen molar-refractivity contribution in [3.8, 4) is 22.8 Å². The van der Waals surface area contributed by atoms with E-state index in [1.165, 1.54) is 6.07 Å². The number of benzene rings is 2. The molecule has 138 valence electrons. The maximum Gasteiger partial charge on any atom is 0.586 e. The highest BCUT2D eigenvalue weighted by molar-refractivity contribution is 5.90. The molecular formula is C21H18F2N2O2. The first-order valence-electron chi connectivity index (χ1n) is 9.07. The monoisotopic (exact) mass is 368 g/mol. The van der Waals surface area contributed by atoms with Crippen LogP contribution in [0.15, 0.2) is 48.5 Å². The van der Waals surface area contributed by atoms with Crippen LogP contribution in [0.2, 0.25) is 0 Å². The Balaban J connectivity index is 1.68. The topological polar surface area (TPSA) is 34.6 Å². The summed E-state index contributed by atoms with van der Waals surface area (Å²) < 4.78 is 35.9. The maximum atomic E-state index is 13.4. The molecule has 2 aromatic carbocycles. The van der Waals surface area contributed by atoms with Gasteiger partial charge in [-0.05, 0) is 50.1 Å². The van der Waals surface area contributed by atoms with Crippen LogP contribution in [-0.2, 0) is 0 Å². The van der Waals surface area contributed by atoms with Crippen LogP contribution in [0.1, 0.15) is 19.8 Å². The zero-order valence-corrected chi connectivity index (χ0v) is 14.8. The van der Waals surface area contributed by atoms with Crippen LogP contribution in [0, 0.1) is 0 Å². The van der Waals surface area contributed by atoms with Crippen LogP contribution in [0.4, 0.5) is 14.5 Å². The van der Waals surface area contributed by atoms with E-state index >= 15 is 0 Å². The molecule has 0 spiro atoms. The minimum atomic E-state index is -3.62. The summed E-state index contributed by atoms with van der Waals surface area (Å²) in [5.74, 6) is 0.0773. The van der Waals surface area contributed by atoms with Crippen LogP contribution in [-0.4, -0.2) is 23.9 Å². The van der Waals surface area contributed by atoms with Crippen LogP contribution < -0.4 is 14.4 Å². The second-order valence-electron chi connectivity index (χ2n) is 7.06. The number of fused-ring (bicyclic) bond motifs is 2. The Morgan fingerprint density at radius 3 is 2.70 bits per heavy atom. The number of pyridine rings is 1. The summed E-state index contributed by atoms with van der Waals surface area (Å²) in [6.45, 7) is 3.16. The third-order valence-electron chi connectivity index (χ3n) is 5.24. The number of aromatic nitrogens is 1. The minimum Gasteiger partial charge on any atom is -0.395 e. The number of hydrogen-bond donors (Lipinski definition) is 0. The van der Waals surface area contributed by atoms with Crippen LogP contribution >= 0.6 is 0 Å². The molecule has 5 rings (SSSR count). The van der Waals surface area contributed by atoms with Crippen molar-refractivity contribution in [2.45, 2.75) is 32.1 Å². The Labute approximate surface area is 155 Å². The molecule has 3 heterocycles. The van der Waals surface area contributed by atoms with Gasteiger partial charge in [-0.2, -0.15) is 0 Å². The Morgan fingerprint density at radius 1 is 1.07 bits per heavy atom. The SMILES string of the molecule is C[C@H]1CCCN1c1cc2ccccc2nc1-c1ccc2c(c1)OC(F)(F)O2. The van der Waals surface area contributed by atoms with Gasteiger partial charge in [0.2, 0.25) is 0 Å². The summed E-state index contributed by atoms with van der Waals surface area (Å²) in [5.41, 5.74) is 3.38. The van der Waals surface area contributed by atoms with Gasteiger partial charge in [-0.3, -0.25) is 0 Å². The number of halogens is 2. The van der Waals surface area contributed by atoms with Crippen molar-refractivity contribution in [3.63, 3.8) is 0 Å². The summed E-state index contributed by atoms with van der Waals surface area (Å²) in [7, 11) is 0. The van der Waals surface area contributed by atoms with Gasteiger partial charge in [0.15, 0.2) is 11.5 Å². The quantitative estimate of drug-likeness (QED) is 0.622. The third kappa shape index (κ3) is 2.76. The molecule has 0 unspecified atom stereocenters. The Bertz CT molecular complexity index is 1040. The van der Waals surface area contributed by atoms with Gasteiger partial charge < -0.3 is 14.4 Å². The minimum absolute atomic E-state index is 0.0351. The highest BCUT2D eigenvalue weighted by Gasteiger charge is 2.43.